The number of Topliss-reactive ketones (excluding diaryl/α,β-unsaturated/α-hetero) is 1. The van der Waals surface area contributed by atoms with E-state index in [0.29, 0.717) is 48.1 Å². The molecular weight excluding hydrogens is 462 g/mol. The molecule has 2 aliphatic rings. The van der Waals surface area contributed by atoms with E-state index in [9.17, 15) is 9.59 Å². The first kappa shape index (κ1) is 25.2. The monoisotopic (exact) mass is 493 g/mol. The summed E-state index contributed by atoms with van der Waals surface area (Å²) in [5.74, 6) is -0.608. The Bertz CT molecular complexity index is 1170. The average Bonchev–Trinajstić information content (AvgIpc) is 2.82. The number of esters is 1. The van der Waals surface area contributed by atoms with Crippen LogP contribution < -0.4 is 4.74 Å². The highest BCUT2D eigenvalue weighted by atomic mass is 35.5. The molecule has 1 aliphatic carbocycles. The summed E-state index contributed by atoms with van der Waals surface area (Å²) in [4.78, 5) is 31.9. The van der Waals surface area contributed by atoms with Gasteiger partial charge in [-0.05, 0) is 55.9 Å². The third-order valence-electron chi connectivity index (χ3n) is 6.60. The number of rotatable bonds is 7. The number of hydrogen-bond donors (Lipinski definition) is 0. The van der Waals surface area contributed by atoms with Gasteiger partial charge in [0.25, 0.3) is 0 Å². The summed E-state index contributed by atoms with van der Waals surface area (Å²) in [5, 5.41) is 0.665. The molecule has 0 saturated heterocycles. The van der Waals surface area contributed by atoms with Crippen molar-refractivity contribution in [2.24, 2.45) is 16.8 Å². The maximum atomic E-state index is 13.7. The Labute approximate surface area is 212 Å². The molecule has 0 N–H and O–H groups in total. The fraction of sp³-hybridized carbons (Fsp3) is 0.414. The first-order valence-corrected chi connectivity index (χ1v) is 12.6. The van der Waals surface area contributed by atoms with E-state index in [-0.39, 0.29) is 23.6 Å². The van der Waals surface area contributed by atoms with Crippen LogP contribution in [0.15, 0.2) is 64.8 Å². The van der Waals surface area contributed by atoms with E-state index in [2.05, 4.69) is 0 Å². The Hall–Kier alpha value is -2.92. The van der Waals surface area contributed by atoms with Gasteiger partial charge in [0.2, 0.25) is 0 Å². The van der Waals surface area contributed by atoms with E-state index in [1.54, 1.807) is 0 Å². The van der Waals surface area contributed by atoms with Crippen molar-refractivity contribution in [2.75, 3.05) is 13.2 Å². The predicted octanol–water partition coefficient (Wildman–Crippen LogP) is 6.51. The minimum absolute atomic E-state index is 0.0143. The quantitative estimate of drug-likeness (QED) is 0.412. The number of para-hydroxylation sites is 1. The number of aliphatic imine (C=N–C) groups is 1. The molecule has 0 aromatic heterocycles. The first-order valence-electron chi connectivity index (χ1n) is 12.2. The molecule has 0 fully saturated rings. The Balaban J connectivity index is 1.79. The predicted molar refractivity (Wildman–Crippen MR) is 138 cm³/mol. The van der Waals surface area contributed by atoms with Gasteiger partial charge < -0.3 is 9.47 Å². The molecule has 184 valence electrons. The third-order valence-corrected chi connectivity index (χ3v) is 6.85. The standard InChI is InChI=1S/C29H32ClNO4/c1-5-34-25-9-7-6-8-22(25)27-26(29(33)35-16-17(2)3)18(4)31-23-14-20(15-24(32)28(23)27)19-10-12-21(30)13-11-19/h6-13,17,20,26-27H,5,14-16H2,1-4H3. The van der Waals surface area contributed by atoms with E-state index in [1.165, 1.54) is 0 Å². The lowest BCUT2D eigenvalue weighted by Gasteiger charge is -2.37. The Morgan fingerprint density at radius 1 is 1.11 bits per heavy atom. The molecule has 3 atom stereocenters. The molecular formula is C29H32ClNO4. The summed E-state index contributed by atoms with van der Waals surface area (Å²) in [5.41, 5.74) is 3.91. The largest absolute Gasteiger partial charge is 0.494 e. The molecule has 0 bridgehead atoms. The second-order valence-corrected chi connectivity index (χ2v) is 10.1. The molecule has 1 aliphatic heterocycles. The normalized spacial score (nSPS) is 22.1. The summed E-state index contributed by atoms with van der Waals surface area (Å²) < 4.78 is 11.6. The van der Waals surface area contributed by atoms with Crippen LogP contribution in [-0.4, -0.2) is 30.7 Å². The minimum Gasteiger partial charge on any atom is -0.494 e. The van der Waals surface area contributed by atoms with Gasteiger partial charge in [0.05, 0.1) is 13.2 Å². The highest BCUT2D eigenvalue weighted by Crippen LogP contribution is 2.48. The molecule has 3 unspecified atom stereocenters. The number of hydrogen-bond acceptors (Lipinski definition) is 5. The van der Waals surface area contributed by atoms with Crippen LogP contribution in [0.1, 0.15) is 63.5 Å². The lowest BCUT2D eigenvalue weighted by molar-refractivity contribution is -0.147. The molecule has 0 saturated carbocycles. The highest BCUT2D eigenvalue weighted by Gasteiger charge is 2.45. The van der Waals surface area contributed by atoms with Crippen molar-refractivity contribution in [3.63, 3.8) is 0 Å². The maximum absolute atomic E-state index is 13.7. The molecule has 2 aromatic rings. The zero-order valence-electron chi connectivity index (χ0n) is 20.7. The van der Waals surface area contributed by atoms with E-state index < -0.39 is 11.8 Å². The van der Waals surface area contributed by atoms with Crippen LogP contribution in [0.5, 0.6) is 5.75 Å². The number of ether oxygens (including phenoxy) is 2. The number of halogens is 1. The number of nitrogens with zero attached hydrogens (tertiary/aromatic N) is 1. The third kappa shape index (κ3) is 5.35. The Morgan fingerprint density at radius 3 is 2.51 bits per heavy atom. The van der Waals surface area contributed by atoms with Gasteiger partial charge in [-0.2, -0.15) is 0 Å². The van der Waals surface area contributed by atoms with Crippen LogP contribution in [0.25, 0.3) is 0 Å². The lowest BCUT2D eigenvalue weighted by Crippen LogP contribution is -2.38. The highest BCUT2D eigenvalue weighted by molar-refractivity contribution is 6.30. The van der Waals surface area contributed by atoms with E-state index >= 15 is 0 Å². The second kappa shape index (κ2) is 10.8. The van der Waals surface area contributed by atoms with Crippen molar-refractivity contribution < 1.29 is 19.1 Å². The van der Waals surface area contributed by atoms with Gasteiger partial charge >= 0.3 is 5.97 Å². The van der Waals surface area contributed by atoms with Crippen LogP contribution in [0.2, 0.25) is 5.02 Å². The zero-order valence-corrected chi connectivity index (χ0v) is 21.5. The molecule has 5 nitrogen and oxygen atoms in total. The van der Waals surface area contributed by atoms with Crippen LogP contribution in [0, 0.1) is 11.8 Å². The van der Waals surface area contributed by atoms with Gasteiger partial charge in [0.1, 0.15) is 11.7 Å². The zero-order chi connectivity index (χ0) is 25.1. The first-order chi connectivity index (χ1) is 16.8. The molecule has 4 rings (SSSR count). The van der Waals surface area contributed by atoms with Gasteiger partial charge in [0.15, 0.2) is 5.78 Å². The van der Waals surface area contributed by atoms with Gasteiger partial charge in [0, 0.05) is 39.9 Å². The van der Waals surface area contributed by atoms with Crippen LogP contribution in [-0.2, 0) is 14.3 Å². The van der Waals surface area contributed by atoms with Crippen molar-refractivity contribution in [1.29, 1.82) is 0 Å². The summed E-state index contributed by atoms with van der Waals surface area (Å²) in [6.07, 6.45) is 0.983. The average molecular weight is 494 g/mol. The Morgan fingerprint density at radius 2 is 1.83 bits per heavy atom. The topological polar surface area (TPSA) is 65.0 Å². The van der Waals surface area contributed by atoms with Gasteiger partial charge in [-0.15, -0.1) is 0 Å². The minimum atomic E-state index is -0.676. The van der Waals surface area contributed by atoms with Crippen LogP contribution in [0.3, 0.4) is 0 Å². The molecule has 0 amide bonds. The summed E-state index contributed by atoms with van der Waals surface area (Å²) in [7, 11) is 0. The van der Waals surface area contributed by atoms with Gasteiger partial charge in [-0.25, -0.2) is 0 Å². The fourth-order valence-electron chi connectivity index (χ4n) is 5.03. The summed E-state index contributed by atoms with van der Waals surface area (Å²) >= 11 is 6.07. The number of benzene rings is 2. The molecule has 0 spiro atoms. The van der Waals surface area contributed by atoms with Gasteiger partial charge in [-0.1, -0.05) is 55.8 Å². The molecule has 0 radical (unpaired) electrons. The second-order valence-electron chi connectivity index (χ2n) is 9.64. The number of ketones is 1. The van der Waals surface area contributed by atoms with Crippen molar-refractivity contribution in [1.82, 2.24) is 0 Å². The SMILES string of the molecule is CCOc1ccccc1C1C2=C(CC(c3ccc(Cl)cc3)CC2=O)N=C(C)C1C(=O)OCC(C)C. The fourth-order valence-corrected chi connectivity index (χ4v) is 5.16. The van der Waals surface area contributed by atoms with Crippen LogP contribution in [0.4, 0.5) is 0 Å². The van der Waals surface area contributed by atoms with E-state index in [1.807, 2.05) is 76.2 Å². The number of carbonyl (C=O) groups is 2. The molecule has 35 heavy (non-hydrogen) atoms. The van der Waals surface area contributed by atoms with Gasteiger partial charge in [-0.3, -0.25) is 14.6 Å². The van der Waals surface area contributed by atoms with Crippen molar-refractivity contribution in [3.8, 4) is 5.75 Å². The summed E-state index contributed by atoms with van der Waals surface area (Å²) in [6.45, 7) is 8.58. The van der Waals surface area contributed by atoms with E-state index in [4.69, 9.17) is 26.1 Å². The van der Waals surface area contributed by atoms with Crippen molar-refractivity contribution in [3.05, 3.63) is 76.0 Å². The Kier molecular flexibility index (Phi) is 7.75. The lowest BCUT2D eigenvalue weighted by atomic mass is 9.69. The van der Waals surface area contributed by atoms with E-state index in [0.717, 1.165) is 16.8 Å². The van der Waals surface area contributed by atoms with Crippen molar-refractivity contribution >= 4 is 29.1 Å². The number of carbonyl (C=O) groups excluding carboxylic acids is 2. The maximum Gasteiger partial charge on any atom is 0.315 e. The molecule has 6 heteroatoms. The van der Waals surface area contributed by atoms with Crippen molar-refractivity contribution in [2.45, 2.75) is 52.4 Å². The number of allylic oxidation sites excluding steroid dienone is 2. The molecule has 1 heterocycles. The van der Waals surface area contributed by atoms with Crippen LogP contribution >= 0.6 is 11.6 Å². The molecule has 2 aromatic carbocycles. The summed E-state index contributed by atoms with van der Waals surface area (Å²) in [6, 6.07) is 15.3. The smallest absolute Gasteiger partial charge is 0.315 e.